The molecule has 0 saturated heterocycles. The van der Waals surface area contributed by atoms with Gasteiger partial charge in [-0.05, 0) is 6.92 Å². The summed E-state index contributed by atoms with van der Waals surface area (Å²) in [5.41, 5.74) is 1.71. The second-order valence-corrected chi connectivity index (χ2v) is 2.03. The van der Waals surface area contributed by atoms with E-state index >= 15 is 0 Å². The molecule has 0 amide bonds. The van der Waals surface area contributed by atoms with Crippen LogP contribution < -0.4 is 0 Å². The molecule has 0 atom stereocenters. The molecule has 2 aliphatic rings. The van der Waals surface area contributed by atoms with E-state index in [4.69, 9.17) is 4.52 Å². The summed E-state index contributed by atoms with van der Waals surface area (Å²) < 4.78 is 4.87. The number of fused-ring (bicyclic) bond motifs is 1. The van der Waals surface area contributed by atoms with Gasteiger partial charge in [0, 0.05) is 0 Å². The Morgan fingerprint density at radius 2 is 2.30 bits per heavy atom. The third kappa shape index (κ3) is 0.586. The van der Waals surface area contributed by atoms with Gasteiger partial charge in [0.05, 0.1) is 18.0 Å². The third-order valence-corrected chi connectivity index (χ3v) is 1.37. The van der Waals surface area contributed by atoms with Crippen molar-refractivity contribution in [3.8, 4) is 11.3 Å². The summed E-state index contributed by atoms with van der Waals surface area (Å²) >= 11 is 0. The molecule has 50 valence electrons. The predicted molar refractivity (Wildman–Crippen MR) is 33.5 cm³/mol. The van der Waals surface area contributed by atoms with E-state index in [1.807, 2.05) is 6.92 Å². The zero-order valence-electron chi connectivity index (χ0n) is 5.40. The van der Waals surface area contributed by atoms with Crippen LogP contribution in [0.2, 0.25) is 0 Å². The van der Waals surface area contributed by atoms with Crippen LogP contribution in [0.1, 0.15) is 5.76 Å². The maximum absolute atomic E-state index is 4.87. The molecule has 4 nitrogen and oxygen atoms in total. The van der Waals surface area contributed by atoms with Gasteiger partial charge in [-0.15, -0.1) is 5.10 Å². The smallest absolute Gasteiger partial charge is 0.143 e. The van der Waals surface area contributed by atoms with E-state index in [2.05, 4.69) is 15.4 Å². The topological polar surface area (TPSA) is 51.8 Å². The highest BCUT2D eigenvalue weighted by Gasteiger charge is 2.08. The maximum atomic E-state index is 4.87. The third-order valence-electron chi connectivity index (χ3n) is 1.37. The highest BCUT2D eigenvalue weighted by molar-refractivity contribution is 5.58. The molecule has 0 saturated carbocycles. The number of aromatic nitrogens is 3. The van der Waals surface area contributed by atoms with Crippen LogP contribution in [0.3, 0.4) is 0 Å². The molecule has 2 aliphatic heterocycles. The zero-order chi connectivity index (χ0) is 6.97. The number of rotatable bonds is 0. The molecule has 0 aliphatic carbocycles. The fraction of sp³-hybridized carbons (Fsp3) is 0.167. The Hall–Kier alpha value is -1.45. The van der Waals surface area contributed by atoms with E-state index in [-0.39, 0.29) is 0 Å². The minimum atomic E-state index is 0.752. The van der Waals surface area contributed by atoms with Gasteiger partial charge in [-0.25, -0.2) is 0 Å². The first-order valence-corrected chi connectivity index (χ1v) is 2.90. The van der Waals surface area contributed by atoms with Crippen LogP contribution in [-0.2, 0) is 0 Å². The van der Waals surface area contributed by atoms with Gasteiger partial charge in [0.25, 0.3) is 0 Å². The van der Waals surface area contributed by atoms with Crippen molar-refractivity contribution in [1.29, 1.82) is 0 Å². The molecule has 0 unspecified atom stereocenters. The SMILES string of the molecule is Cc1oncc2nncc1-2. The molecule has 2 heterocycles. The lowest BCUT2D eigenvalue weighted by atomic mass is 10.2. The quantitative estimate of drug-likeness (QED) is 0.538. The lowest BCUT2D eigenvalue weighted by Gasteiger charge is -1.94. The van der Waals surface area contributed by atoms with Crippen molar-refractivity contribution >= 4 is 0 Å². The molecule has 0 spiro atoms. The van der Waals surface area contributed by atoms with Crippen LogP contribution in [0.5, 0.6) is 0 Å². The van der Waals surface area contributed by atoms with Gasteiger partial charge in [-0.3, -0.25) is 0 Å². The minimum absolute atomic E-state index is 0.752. The van der Waals surface area contributed by atoms with Crippen LogP contribution in [-0.4, -0.2) is 15.4 Å². The highest BCUT2D eigenvalue weighted by atomic mass is 16.5. The van der Waals surface area contributed by atoms with Crippen molar-refractivity contribution < 1.29 is 4.52 Å². The molecule has 0 N–H and O–H groups in total. The summed E-state index contributed by atoms with van der Waals surface area (Å²) in [5.74, 6) is 0.752. The van der Waals surface area contributed by atoms with Crippen LogP contribution in [0.4, 0.5) is 0 Å². The van der Waals surface area contributed by atoms with Crippen LogP contribution >= 0.6 is 0 Å². The fourth-order valence-electron chi connectivity index (χ4n) is 0.840. The Balaban J connectivity index is 2.80. The molecule has 0 radical (unpaired) electrons. The Kier molecular flexibility index (Phi) is 0.943. The summed E-state index contributed by atoms with van der Waals surface area (Å²) in [4.78, 5) is 0. The van der Waals surface area contributed by atoms with E-state index in [0.29, 0.717) is 0 Å². The molecule has 4 heteroatoms. The van der Waals surface area contributed by atoms with E-state index in [1.165, 1.54) is 0 Å². The molecule has 0 aromatic heterocycles. The van der Waals surface area contributed by atoms with Gasteiger partial charge >= 0.3 is 0 Å². The number of nitrogens with zero attached hydrogens (tertiary/aromatic N) is 3. The van der Waals surface area contributed by atoms with Gasteiger partial charge in [0.1, 0.15) is 11.5 Å². The normalized spacial score (nSPS) is 10.5. The van der Waals surface area contributed by atoms with Crippen molar-refractivity contribution in [3.05, 3.63) is 18.2 Å². The van der Waals surface area contributed by atoms with Gasteiger partial charge in [0.2, 0.25) is 0 Å². The van der Waals surface area contributed by atoms with Crippen LogP contribution in [0, 0.1) is 6.92 Å². The second kappa shape index (κ2) is 1.76. The summed E-state index contributed by atoms with van der Waals surface area (Å²) in [6.45, 7) is 1.83. The van der Waals surface area contributed by atoms with E-state index in [1.54, 1.807) is 12.4 Å². The largest absolute Gasteiger partial charge is 0.361 e. The molecular weight excluding hydrogens is 130 g/mol. The Morgan fingerprint density at radius 1 is 1.40 bits per heavy atom. The van der Waals surface area contributed by atoms with Crippen LogP contribution in [0.25, 0.3) is 11.3 Å². The molecule has 0 bridgehead atoms. The monoisotopic (exact) mass is 135 g/mol. The highest BCUT2D eigenvalue weighted by Crippen LogP contribution is 2.19. The van der Waals surface area contributed by atoms with Crippen molar-refractivity contribution in [1.82, 2.24) is 15.4 Å². The van der Waals surface area contributed by atoms with Gasteiger partial charge in [-0.1, -0.05) is 5.16 Å². The molecule has 0 aromatic carbocycles. The van der Waals surface area contributed by atoms with Gasteiger partial charge in [-0.2, -0.15) is 5.10 Å². The summed E-state index contributed by atoms with van der Waals surface area (Å²) in [7, 11) is 0. The minimum Gasteiger partial charge on any atom is -0.361 e. The lowest BCUT2D eigenvalue weighted by Crippen LogP contribution is -1.83. The Morgan fingerprint density at radius 3 is 3.10 bits per heavy atom. The predicted octanol–water partition coefficient (Wildman–Crippen LogP) is 0.878. The summed E-state index contributed by atoms with van der Waals surface area (Å²) in [6.07, 6.45) is 3.21. The first-order valence-electron chi connectivity index (χ1n) is 2.90. The van der Waals surface area contributed by atoms with Crippen LogP contribution in [0.15, 0.2) is 16.9 Å². The lowest BCUT2D eigenvalue weighted by molar-refractivity contribution is 0.377. The first-order chi connectivity index (χ1) is 4.88. The number of aryl methyl sites for hydroxylation is 1. The molecule has 2 rings (SSSR count). The fourth-order valence-corrected chi connectivity index (χ4v) is 0.840. The Bertz CT molecular complexity index is 317. The van der Waals surface area contributed by atoms with Crippen molar-refractivity contribution in [2.24, 2.45) is 0 Å². The molecule has 0 aromatic rings. The van der Waals surface area contributed by atoms with Crippen molar-refractivity contribution in [2.75, 3.05) is 0 Å². The molecule has 10 heavy (non-hydrogen) atoms. The maximum Gasteiger partial charge on any atom is 0.143 e. The number of hydrogen-bond donors (Lipinski definition) is 0. The average Bonchev–Trinajstić information content (AvgIpc) is 2.36. The summed E-state index contributed by atoms with van der Waals surface area (Å²) in [6, 6.07) is 0. The van der Waals surface area contributed by atoms with E-state index in [9.17, 15) is 0 Å². The van der Waals surface area contributed by atoms with E-state index in [0.717, 1.165) is 17.0 Å². The van der Waals surface area contributed by atoms with Crippen molar-refractivity contribution in [3.63, 3.8) is 0 Å². The van der Waals surface area contributed by atoms with Crippen molar-refractivity contribution in [2.45, 2.75) is 6.92 Å². The van der Waals surface area contributed by atoms with Gasteiger partial charge in [0.15, 0.2) is 0 Å². The standard InChI is InChI=1S/C6H5N3O/c1-4-5-2-7-9-6(5)3-8-10-4/h2-3H,1H3. The van der Waals surface area contributed by atoms with E-state index < -0.39 is 0 Å². The molecule has 0 fully saturated rings. The second-order valence-electron chi connectivity index (χ2n) is 2.03. The zero-order valence-corrected chi connectivity index (χ0v) is 5.40. The van der Waals surface area contributed by atoms with Gasteiger partial charge < -0.3 is 4.52 Å². The molecular formula is C6H5N3O. The summed E-state index contributed by atoms with van der Waals surface area (Å²) in [5, 5.41) is 11.1. The number of hydrogen-bond acceptors (Lipinski definition) is 4. The Labute approximate surface area is 57.2 Å². The first kappa shape index (κ1) is 5.34. The average molecular weight is 135 g/mol.